The van der Waals surface area contributed by atoms with E-state index >= 15 is 0 Å². The summed E-state index contributed by atoms with van der Waals surface area (Å²) < 4.78 is 9.75. The minimum absolute atomic E-state index is 0. The number of nitrogens with two attached hydrogens (primary N) is 1. The number of alkyl halides is 1. The minimum atomic E-state index is -0.446. The number of nitrogens with zero attached hydrogens (tertiary/aromatic N) is 1. The molecule has 0 unspecified atom stereocenters. The molecule has 0 aliphatic rings. The molecule has 0 bridgehead atoms. The lowest BCUT2D eigenvalue weighted by atomic mass is 10.0. The number of ether oxygens (including phenoxy) is 1. The number of rotatable bonds is 8. The van der Waals surface area contributed by atoms with E-state index in [-0.39, 0.29) is 37.4 Å². The number of fused-ring (bicyclic) bond motifs is 4. The number of aliphatic hydroxyl groups excluding tert-OH is 1. The summed E-state index contributed by atoms with van der Waals surface area (Å²) in [5.74, 6) is -0.737. The van der Waals surface area contributed by atoms with Crippen LogP contribution in [0.4, 0.5) is 6.01 Å². The fourth-order valence-corrected chi connectivity index (χ4v) is 6.97. The minimum Gasteiger partial charge on any atom is -0.457 e. The van der Waals surface area contributed by atoms with Crippen LogP contribution in [0.5, 0.6) is 0 Å². The number of aliphatic hydroxyl groups is 1. The Hall–Kier alpha value is -7.27. The summed E-state index contributed by atoms with van der Waals surface area (Å²) in [4.78, 5) is 49.7. The van der Waals surface area contributed by atoms with Gasteiger partial charge in [-0.2, -0.15) is 4.98 Å². The number of Topliss-reactive ketones (excluding diaryl/α,β-unsaturated/α-hetero) is 3. The van der Waals surface area contributed by atoms with Gasteiger partial charge in [0.1, 0.15) is 18.6 Å². The number of ketones is 3. The predicted molar refractivity (Wildman–Crippen MR) is 253 cm³/mol. The maximum absolute atomic E-state index is 11.9. The van der Waals surface area contributed by atoms with Crippen LogP contribution >= 0.6 is 15.9 Å². The van der Waals surface area contributed by atoms with Gasteiger partial charge >= 0.3 is 5.97 Å². The van der Waals surface area contributed by atoms with Gasteiger partial charge in [0, 0.05) is 29.2 Å². The average Bonchev–Trinajstić information content (AvgIpc) is 3.75. The van der Waals surface area contributed by atoms with E-state index in [9.17, 15) is 19.2 Å². The number of nitrogen functional groups attached to an aromatic ring is 1. The standard InChI is InChI=1S/C14H12O3.C13H10N2O.C12H9BrO.C12H10O2.CH4/c1-10(15)17-9-14(16)13-8-4-6-11-5-2-3-7-12(11)13;14-13-15-12(8-16-13)11-7-3-5-9-4-1-2-6-10(9)11;2*13-8-12(14)11-7-3-5-9-4-1-2-6-10(9)11;/h2-8H,9H2,1H3;1-8H,(H2,14,15);1-7H,8H2;1-7,13H,8H2;1H4. The third kappa shape index (κ3) is 11.5. The van der Waals surface area contributed by atoms with Crippen LogP contribution in [0.2, 0.25) is 0 Å². The van der Waals surface area contributed by atoms with Crippen LogP contribution in [0.3, 0.4) is 0 Å². The van der Waals surface area contributed by atoms with Crippen molar-refractivity contribution in [1.29, 1.82) is 0 Å². The average molecular weight is 890 g/mol. The van der Waals surface area contributed by atoms with Crippen molar-refractivity contribution in [3.05, 3.63) is 193 Å². The van der Waals surface area contributed by atoms with E-state index in [1.165, 1.54) is 12.3 Å². The number of hydrogen-bond acceptors (Lipinski definition) is 9. The monoisotopic (exact) mass is 888 g/mol. The van der Waals surface area contributed by atoms with Crippen molar-refractivity contribution in [2.75, 3.05) is 24.3 Å². The molecular formula is C52H45BrN2O7. The first-order valence-electron chi connectivity index (χ1n) is 19.2. The van der Waals surface area contributed by atoms with Gasteiger partial charge in [-0.15, -0.1) is 0 Å². The van der Waals surface area contributed by atoms with Crippen LogP contribution in [0.1, 0.15) is 45.4 Å². The number of halogens is 1. The first-order valence-corrected chi connectivity index (χ1v) is 20.3. The highest BCUT2D eigenvalue weighted by molar-refractivity contribution is 9.09. The van der Waals surface area contributed by atoms with Crippen LogP contribution in [-0.2, 0) is 9.53 Å². The van der Waals surface area contributed by atoms with Crippen molar-refractivity contribution >= 4 is 88.4 Å². The number of anilines is 1. The van der Waals surface area contributed by atoms with E-state index < -0.39 is 12.6 Å². The number of carbonyl (C=O) groups excluding carboxylic acids is 4. The van der Waals surface area contributed by atoms with Gasteiger partial charge < -0.3 is 20.0 Å². The SMILES string of the molecule is C.CC(=O)OCC(=O)c1cccc2ccccc12.Nc1nc(-c2cccc3ccccc23)co1.O=C(CBr)c1cccc2ccccc12.O=C(CO)c1cccc2ccccc12. The summed E-state index contributed by atoms with van der Waals surface area (Å²) in [5, 5.41) is 17.4. The van der Waals surface area contributed by atoms with Gasteiger partial charge in [-0.1, -0.05) is 193 Å². The molecule has 0 saturated heterocycles. The van der Waals surface area contributed by atoms with Gasteiger partial charge in [-0.05, 0) is 43.1 Å². The molecule has 0 atom stereocenters. The van der Waals surface area contributed by atoms with Gasteiger partial charge in [0.2, 0.25) is 5.78 Å². The Labute approximate surface area is 367 Å². The van der Waals surface area contributed by atoms with Crippen molar-refractivity contribution in [1.82, 2.24) is 4.98 Å². The quantitative estimate of drug-likeness (QED) is 0.0863. The van der Waals surface area contributed by atoms with Crippen molar-refractivity contribution in [3.63, 3.8) is 0 Å². The van der Waals surface area contributed by atoms with E-state index in [1.807, 2.05) is 140 Å². The summed E-state index contributed by atoms with van der Waals surface area (Å²) in [7, 11) is 0. The number of hydrogen-bond donors (Lipinski definition) is 2. The molecule has 1 heterocycles. The van der Waals surface area contributed by atoms with E-state index in [4.69, 9.17) is 20.0 Å². The van der Waals surface area contributed by atoms with Gasteiger partial charge in [-0.3, -0.25) is 19.2 Å². The van der Waals surface area contributed by atoms with Gasteiger partial charge in [0.05, 0.1) is 5.33 Å². The third-order valence-corrected chi connectivity index (χ3v) is 10.0. The Balaban J connectivity index is 0.000000156. The van der Waals surface area contributed by atoms with Gasteiger partial charge in [0.15, 0.2) is 18.2 Å². The lowest BCUT2D eigenvalue weighted by Gasteiger charge is -2.05. The maximum Gasteiger partial charge on any atom is 0.303 e. The topological polar surface area (TPSA) is 150 Å². The molecule has 9 rings (SSSR count). The van der Waals surface area contributed by atoms with Crippen LogP contribution in [-0.4, -0.2) is 52.0 Å². The lowest BCUT2D eigenvalue weighted by Crippen LogP contribution is -2.12. The van der Waals surface area contributed by atoms with E-state index in [0.717, 1.165) is 54.5 Å². The molecule has 0 radical (unpaired) electrons. The molecule has 1 aromatic heterocycles. The molecule has 0 saturated carbocycles. The Kier molecular flexibility index (Phi) is 16.5. The van der Waals surface area contributed by atoms with E-state index in [1.54, 1.807) is 18.4 Å². The third-order valence-electron chi connectivity index (χ3n) is 9.53. The molecule has 10 heteroatoms. The lowest BCUT2D eigenvalue weighted by molar-refractivity contribution is -0.139. The van der Waals surface area contributed by atoms with Crippen LogP contribution in [0, 0.1) is 0 Å². The largest absolute Gasteiger partial charge is 0.457 e. The second kappa shape index (κ2) is 22.4. The molecule has 3 N–H and O–H groups in total. The first-order chi connectivity index (χ1) is 29.7. The molecule has 0 spiro atoms. The second-order valence-electron chi connectivity index (χ2n) is 13.5. The summed E-state index contributed by atoms with van der Waals surface area (Å²) in [5.41, 5.74) is 9.26. The number of benzene rings is 8. The Morgan fingerprint density at radius 2 is 0.952 bits per heavy atom. The van der Waals surface area contributed by atoms with E-state index in [0.29, 0.717) is 16.5 Å². The van der Waals surface area contributed by atoms with Crippen LogP contribution < -0.4 is 5.73 Å². The van der Waals surface area contributed by atoms with Gasteiger partial charge in [-0.25, -0.2) is 0 Å². The zero-order chi connectivity index (χ0) is 43.1. The van der Waals surface area contributed by atoms with Crippen molar-refractivity contribution in [3.8, 4) is 11.3 Å². The number of carbonyl (C=O) groups is 4. The van der Waals surface area contributed by atoms with Gasteiger partial charge in [0.25, 0.3) is 6.01 Å². The highest BCUT2D eigenvalue weighted by Crippen LogP contribution is 2.28. The number of oxazole rings is 1. The van der Waals surface area contributed by atoms with Crippen molar-refractivity contribution < 1.29 is 33.4 Å². The summed E-state index contributed by atoms with van der Waals surface area (Å²) in [6.07, 6.45) is 1.58. The van der Waals surface area contributed by atoms with E-state index in [2.05, 4.69) is 39.1 Å². The predicted octanol–water partition coefficient (Wildman–Crippen LogP) is 11.7. The summed E-state index contributed by atoms with van der Waals surface area (Å²) >= 11 is 3.19. The molecule has 62 heavy (non-hydrogen) atoms. The number of esters is 1. The first kappa shape index (κ1) is 45.8. The molecule has 9 nitrogen and oxygen atoms in total. The Bertz CT molecular complexity index is 2860. The summed E-state index contributed by atoms with van der Waals surface area (Å²) in [6.45, 7) is 0.647. The molecule has 9 aromatic rings. The molecule has 8 aromatic carbocycles. The molecule has 312 valence electrons. The number of aromatic nitrogens is 1. The second-order valence-corrected chi connectivity index (χ2v) is 14.1. The van der Waals surface area contributed by atoms with Crippen LogP contribution in [0.25, 0.3) is 54.3 Å². The van der Waals surface area contributed by atoms with Crippen molar-refractivity contribution in [2.45, 2.75) is 14.4 Å². The van der Waals surface area contributed by atoms with Crippen LogP contribution in [0.15, 0.2) is 181 Å². The molecule has 0 aliphatic carbocycles. The molecule has 0 amide bonds. The summed E-state index contributed by atoms with van der Waals surface area (Å²) in [6, 6.07) is 54.5. The normalized spacial score (nSPS) is 10.2. The fraction of sp³-hybridized carbons (Fsp3) is 0.0962. The maximum atomic E-state index is 11.9. The molecule has 0 fully saturated rings. The highest BCUT2D eigenvalue weighted by Gasteiger charge is 2.12. The Morgan fingerprint density at radius 1 is 0.565 bits per heavy atom. The Morgan fingerprint density at radius 3 is 1.37 bits per heavy atom. The van der Waals surface area contributed by atoms with Crippen molar-refractivity contribution in [2.24, 2.45) is 0 Å². The molecule has 0 aliphatic heterocycles. The smallest absolute Gasteiger partial charge is 0.303 e. The highest BCUT2D eigenvalue weighted by atomic mass is 79.9. The fourth-order valence-electron chi connectivity index (χ4n) is 6.67. The zero-order valence-electron chi connectivity index (χ0n) is 33.2. The zero-order valence-corrected chi connectivity index (χ0v) is 34.7. The molecular weight excluding hydrogens is 844 g/mol.